The summed E-state index contributed by atoms with van der Waals surface area (Å²) in [6.07, 6.45) is 0. The second kappa shape index (κ2) is 4.40. The first-order valence-electron chi connectivity index (χ1n) is 3.99. The van der Waals surface area contributed by atoms with Crippen LogP contribution in [0.1, 0.15) is 11.1 Å². The zero-order chi connectivity index (χ0) is 11.6. The van der Waals surface area contributed by atoms with Gasteiger partial charge in [0.25, 0.3) is 0 Å². The van der Waals surface area contributed by atoms with Crippen LogP contribution in [0.3, 0.4) is 0 Å². The number of aryl methyl sites for hydroxylation is 1. The fraction of sp³-hybridized carbons (Fsp3) is 0.250. The molecule has 0 bridgehead atoms. The Labute approximate surface area is 90.6 Å². The third-order valence-electron chi connectivity index (χ3n) is 1.92. The van der Waals surface area contributed by atoms with Crippen molar-refractivity contribution in [3.8, 4) is 0 Å². The number of hydrogen-bond donors (Lipinski definition) is 1. The van der Waals surface area contributed by atoms with Crippen molar-refractivity contribution in [2.45, 2.75) is 17.6 Å². The van der Waals surface area contributed by atoms with E-state index in [1.54, 1.807) is 6.92 Å². The molecular weight excluding hydrogens is 238 g/mol. The van der Waals surface area contributed by atoms with Crippen molar-refractivity contribution in [1.29, 1.82) is 0 Å². The van der Waals surface area contributed by atoms with Crippen LogP contribution >= 0.6 is 0 Å². The first-order valence-corrected chi connectivity index (χ1v) is 6.78. The second-order valence-electron chi connectivity index (χ2n) is 3.08. The summed E-state index contributed by atoms with van der Waals surface area (Å²) in [6, 6.07) is 4.16. The quantitative estimate of drug-likeness (QED) is 0.762. The minimum absolute atomic E-state index is 0.0754. The van der Waals surface area contributed by atoms with Crippen LogP contribution < -0.4 is 5.14 Å². The van der Waals surface area contributed by atoms with Gasteiger partial charge >= 0.3 is 0 Å². The molecule has 0 saturated carbocycles. The van der Waals surface area contributed by atoms with E-state index in [-0.39, 0.29) is 10.6 Å². The Morgan fingerprint density at radius 1 is 1.47 bits per heavy atom. The molecule has 0 fully saturated rings. The molecule has 1 rings (SSSR count). The van der Waals surface area contributed by atoms with Crippen molar-refractivity contribution in [2.24, 2.45) is 5.14 Å². The Morgan fingerprint density at radius 3 is 2.53 bits per heavy atom. The van der Waals surface area contributed by atoms with E-state index in [2.05, 4.69) is 0 Å². The van der Waals surface area contributed by atoms with Crippen LogP contribution in [0.2, 0.25) is 0 Å². The van der Waals surface area contributed by atoms with Gasteiger partial charge in [0.2, 0.25) is 10.0 Å². The molecule has 0 aromatic heterocycles. The average molecular weight is 248 g/mol. The van der Waals surface area contributed by atoms with Crippen LogP contribution in [0.4, 0.5) is 0 Å². The SMILES string of the molecule is Cc1ccc(S(N)(=O)=O)cc1CS(=O)[O-]. The standard InChI is InChI=1S/C8H11NO4S2/c1-6-2-3-8(15(9,12)13)4-7(6)5-14(10)11/h2-4H,5H2,1H3,(H,10,11)(H2,9,12,13)/p-1. The van der Waals surface area contributed by atoms with Gasteiger partial charge in [-0.3, -0.25) is 4.21 Å². The predicted molar refractivity (Wildman–Crippen MR) is 55.2 cm³/mol. The lowest BCUT2D eigenvalue weighted by Gasteiger charge is -2.09. The highest BCUT2D eigenvalue weighted by Gasteiger charge is 2.09. The van der Waals surface area contributed by atoms with E-state index in [0.29, 0.717) is 11.1 Å². The minimum atomic E-state index is -3.78. The van der Waals surface area contributed by atoms with Gasteiger partial charge in [0, 0.05) is 5.75 Å². The summed E-state index contributed by atoms with van der Waals surface area (Å²) >= 11 is -2.25. The highest BCUT2D eigenvalue weighted by molar-refractivity contribution is 7.89. The van der Waals surface area contributed by atoms with Gasteiger partial charge in [0.05, 0.1) is 4.90 Å². The van der Waals surface area contributed by atoms with E-state index < -0.39 is 21.1 Å². The summed E-state index contributed by atoms with van der Waals surface area (Å²) in [5.41, 5.74) is 1.15. The highest BCUT2D eigenvalue weighted by Crippen LogP contribution is 2.15. The zero-order valence-corrected chi connectivity index (χ0v) is 9.60. The van der Waals surface area contributed by atoms with Gasteiger partial charge in [-0.15, -0.1) is 0 Å². The molecule has 1 unspecified atom stereocenters. The number of sulfonamides is 1. The minimum Gasteiger partial charge on any atom is -0.772 e. The molecule has 0 radical (unpaired) electrons. The van der Waals surface area contributed by atoms with Gasteiger partial charge in [-0.25, -0.2) is 13.6 Å². The molecule has 1 atom stereocenters. The number of primary sulfonamides is 1. The molecule has 0 aliphatic heterocycles. The topological polar surface area (TPSA) is 100 Å². The van der Waals surface area contributed by atoms with Crippen LogP contribution in [0.15, 0.2) is 23.1 Å². The molecule has 1 aromatic rings. The molecule has 0 saturated heterocycles. The molecule has 0 spiro atoms. The summed E-state index contributed by atoms with van der Waals surface area (Å²) in [6.45, 7) is 1.70. The van der Waals surface area contributed by atoms with Crippen LogP contribution in [-0.4, -0.2) is 17.2 Å². The largest absolute Gasteiger partial charge is 0.772 e. The third kappa shape index (κ3) is 3.38. The van der Waals surface area contributed by atoms with Crippen molar-refractivity contribution < 1.29 is 17.2 Å². The Morgan fingerprint density at radius 2 is 2.07 bits per heavy atom. The third-order valence-corrected chi connectivity index (χ3v) is 3.38. The molecular formula is C8H10NO4S2-. The molecule has 0 amide bonds. The maximum atomic E-state index is 11.0. The van der Waals surface area contributed by atoms with Gasteiger partial charge < -0.3 is 4.55 Å². The zero-order valence-electron chi connectivity index (χ0n) is 7.97. The Hall–Kier alpha value is -0.760. The maximum absolute atomic E-state index is 11.0. The number of benzene rings is 1. The van der Waals surface area contributed by atoms with Crippen LogP contribution in [0, 0.1) is 6.92 Å². The van der Waals surface area contributed by atoms with E-state index in [4.69, 9.17) is 5.14 Å². The lowest BCUT2D eigenvalue weighted by molar-refractivity contribution is 0.536. The van der Waals surface area contributed by atoms with Crippen molar-refractivity contribution >= 4 is 21.1 Å². The van der Waals surface area contributed by atoms with Crippen LogP contribution in [0.5, 0.6) is 0 Å². The van der Waals surface area contributed by atoms with Gasteiger partial charge in [-0.1, -0.05) is 17.1 Å². The summed E-state index contributed by atoms with van der Waals surface area (Å²) in [7, 11) is -3.78. The van der Waals surface area contributed by atoms with E-state index >= 15 is 0 Å². The smallest absolute Gasteiger partial charge is 0.238 e. The average Bonchev–Trinajstić information content (AvgIpc) is 2.06. The summed E-state index contributed by atoms with van der Waals surface area (Å²) in [5, 5.41) is 4.92. The molecule has 2 N–H and O–H groups in total. The number of nitrogens with two attached hydrogens (primary N) is 1. The Kier molecular flexibility index (Phi) is 3.61. The van der Waals surface area contributed by atoms with Gasteiger partial charge in [0.15, 0.2) is 0 Å². The van der Waals surface area contributed by atoms with Crippen molar-refractivity contribution in [3.05, 3.63) is 29.3 Å². The fourth-order valence-corrected chi connectivity index (χ4v) is 2.24. The van der Waals surface area contributed by atoms with Crippen LogP contribution in [0.25, 0.3) is 0 Å². The van der Waals surface area contributed by atoms with Gasteiger partial charge in [0.1, 0.15) is 0 Å². The van der Waals surface area contributed by atoms with Gasteiger partial charge in [-0.2, -0.15) is 0 Å². The second-order valence-corrected chi connectivity index (χ2v) is 5.54. The maximum Gasteiger partial charge on any atom is 0.238 e. The lowest BCUT2D eigenvalue weighted by atomic mass is 10.1. The number of rotatable bonds is 3. The van der Waals surface area contributed by atoms with E-state index in [9.17, 15) is 17.2 Å². The first-order chi connectivity index (χ1) is 6.80. The van der Waals surface area contributed by atoms with Crippen molar-refractivity contribution in [2.75, 3.05) is 0 Å². The molecule has 84 valence electrons. The van der Waals surface area contributed by atoms with E-state index in [1.807, 2.05) is 0 Å². The molecule has 5 nitrogen and oxygen atoms in total. The first kappa shape index (κ1) is 12.3. The molecule has 0 aliphatic rings. The summed E-state index contributed by atoms with van der Waals surface area (Å²) in [4.78, 5) is -0.0754. The Bertz CT molecular complexity index is 495. The van der Waals surface area contributed by atoms with Crippen molar-refractivity contribution in [1.82, 2.24) is 0 Å². The van der Waals surface area contributed by atoms with E-state index in [1.165, 1.54) is 18.2 Å². The summed E-state index contributed by atoms with van der Waals surface area (Å²) < 4.78 is 43.0. The number of hydrogen-bond acceptors (Lipinski definition) is 4. The normalized spacial score (nSPS) is 13.8. The highest BCUT2D eigenvalue weighted by atomic mass is 32.2. The molecule has 15 heavy (non-hydrogen) atoms. The van der Waals surface area contributed by atoms with Crippen molar-refractivity contribution in [3.63, 3.8) is 0 Å². The monoisotopic (exact) mass is 248 g/mol. The van der Waals surface area contributed by atoms with Gasteiger partial charge in [-0.05, 0) is 30.2 Å². The molecule has 7 heteroatoms. The molecule has 1 aromatic carbocycles. The molecule has 0 heterocycles. The Balaban J connectivity index is 3.23. The summed E-state index contributed by atoms with van der Waals surface area (Å²) in [5.74, 6) is -0.213. The molecule has 0 aliphatic carbocycles. The predicted octanol–water partition coefficient (Wildman–Crippen LogP) is 0.0215. The fourth-order valence-electron chi connectivity index (χ4n) is 1.11. The van der Waals surface area contributed by atoms with E-state index in [0.717, 1.165) is 0 Å². The van der Waals surface area contributed by atoms with Crippen LogP contribution in [-0.2, 0) is 26.9 Å². The lowest BCUT2D eigenvalue weighted by Crippen LogP contribution is -2.13.